The summed E-state index contributed by atoms with van der Waals surface area (Å²) in [7, 11) is 3.11. The molecule has 1 aromatic heterocycles. The Hall–Kier alpha value is -2.83. The van der Waals surface area contributed by atoms with Gasteiger partial charge >= 0.3 is 0 Å². The number of nitrogens with zero attached hydrogens (tertiary/aromatic N) is 2. The summed E-state index contributed by atoms with van der Waals surface area (Å²) in [5, 5.41) is 6.13. The molecule has 0 atom stereocenters. The second kappa shape index (κ2) is 7.83. The van der Waals surface area contributed by atoms with Crippen LogP contribution in [0.25, 0.3) is 0 Å². The fourth-order valence-corrected chi connectivity index (χ4v) is 2.90. The van der Waals surface area contributed by atoms with E-state index in [2.05, 4.69) is 20.6 Å². The topological polar surface area (TPSA) is 85.4 Å². The number of anilines is 2. The Kier molecular flexibility index (Phi) is 5.33. The van der Waals surface area contributed by atoms with Crippen molar-refractivity contribution in [3.05, 3.63) is 36.3 Å². The predicted octanol–water partition coefficient (Wildman–Crippen LogP) is 3.10. The monoisotopic (exact) mass is 342 g/mol. The first-order valence-electron chi connectivity index (χ1n) is 8.31. The minimum atomic E-state index is -0.355. The van der Waals surface area contributed by atoms with Crippen LogP contribution < -0.4 is 20.1 Å². The molecule has 1 amide bonds. The number of nitrogens with one attached hydrogen (secondary N) is 2. The first-order valence-corrected chi connectivity index (χ1v) is 8.31. The number of amides is 1. The number of hydrogen-bond donors (Lipinski definition) is 2. The van der Waals surface area contributed by atoms with Crippen LogP contribution in [0.3, 0.4) is 0 Å². The van der Waals surface area contributed by atoms with E-state index in [1.807, 2.05) is 0 Å². The van der Waals surface area contributed by atoms with E-state index in [0.717, 1.165) is 12.8 Å². The smallest absolute Gasteiger partial charge is 0.275 e. The van der Waals surface area contributed by atoms with Crippen molar-refractivity contribution >= 4 is 17.4 Å². The summed E-state index contributed by atoms with van der Waals surface area (Å²) < 4.78 is 10.4. The Labute approximate surface area is 146 Å². The first-order chi connectivity index (χ1) is 12.2. The number of benzene rings is 1. The summed E-state index contributed by atoms with van der Waals surface area (Å²) in [6.45, 7) is 0. The first kappa shape index (κ1) is 17.0. The van der Waals surface area contributed by atoms with E-state index < -0.39 is 0 Å². The molecule has 0 radical (unpaired) electrons. The molecule has 0 aliphatic heterocycles. The molecule has 1 fully saturated rings. The number of hydrogen-bond acceptors (Lipinski definition) is 6. The third kappa shape index (κ3) is 4.17. The van der Waals surface area contributed by atoms with Gasteiger partial charge in [-0.1, -0.05) is 12.8 Å². The van der Waals surface area contributed by atoms with Crippen LogP contribution in [-0.2, 0) is 0 Å². The minimum Gasteiger partial charge on any atom is -0.497 e. The van der Waals surface area contributed by atoms with Crippen LogP contribution in [0, 0.1) is 0 Å². The van der Waals surface area contributed by atoms with Crippen molar-refractivity contribution in [2.75, 3.05) is 24.9 Å². The van der Waals surface area contributed by atoms with Crippen molar-refractivity contribution in [1.82, 2.24) is 9.97 Å². The number of methoxy groups -OCH3 is 2. The maximum absolute atomic E-state index is 12.4. The van der Waals surface area contributed by atoms with E-state index in [-0.39, 0.29) is 11.6 Å². The maximum Gasteiger partial charge on any atom is 0.275 e. The maximum atomic E-state index is 12.4. The molecular weight excluding hydrogens is 320 g/mol. The van der Waals surface area contributed by atoms with Gasteiger partial charge in [0.05, 0.1) is 32.3 Å². The molecule has 0 spiro atoms. The lowest BCUT2D eigenvalue weighted by atomic mass is 10.2. The Balaban J connectivity index is 1.68. The van der Waals surface area contributed by atoms with Gasteiger partial charge in [-0.3, -0.25) is 4.79 Å². The van der Waals surface area contributed by atoms with Gasteiger partial charge < -0.3 is 20.1 Å². The van der Waals surface area contributed by atoms with Gasteiger partial charge in [-0.15, -0.1) is 0 Å². The molecule has 7 nitrogen and oxygen atoms in total. The molecule has 2 aromatic rings. The van der Waals surface area contributed by atoms with Crippen LogP contribution >= 0.6 is 0 Å². The van der Waals surface area contributed by atoms with Crippen LogP contribution in [0.4, 0.5) is 11.5 Å². The summed E-state index contributed by atoms with van der Waals surface area (Å²) in [4.78, 5) is 20.9. The molecule has 1 heterocycles. The highest BCUT2D eigenvalue weighted by atomic mass is 16.5. The van der Waals surface area contributed by atoms with Crippen LogP contribution in [0.2, 0.25) is 0 Å². The molecule has 132 valence electrons. The molecule has 0 unspecified atom stereocenters. The normalized spacial score (nSPS) is 14.2. The largest absolute Gasteiger partial charge is 0.497 e. The van der Waals surface area contributed by atoms with E-state index >= 15 is 0 Å². The summed E-state index contributed by atoms with van der Waals surface area (Å²) in [5.74, 6) is 1.51. The van der Waals surface area contributed by atoms with Crippen LogP contribution in [0.15, 0.2) is 30.6 Å². The summed E-state index contributed by atoms with van der Waals surface area (Å²) in [6.07, 6.45) is 7.86. The van der Waals surface area contributed by atoms with E-state index in [4.69, 9.17) is 9.47 Å². The summed E-state index contributed by atoms with van der Waals surface area (Å²) in [6, 6.07) is 5.64. The zero-order chi connectivity index (χ0) is 17.6. The molecule has 1 aliphatic rings. The molecule has 25 heavy (non-hydrogen) atoms. The van der Waals surface area contributed by atoms with Gasteiger partial charge in [-0.2, -0.15) is 0 Å². The lowest BCUT2D eigenvalue weighted by molar-refractivity contribution is 0.102. The third-order valence-corrected chi connectivity index (χ3v) is 4.25. The van der Waals surface area contributed by atoms with Crippen LogP contribution in [0.5, 0.6) is 11.5 Å². The van der Waals surface area contributed by atoms with Gasteiger partial charge in [0.25, 0.3) is 5.91 Å². The average molecular weight is 342 g/mol. The number of rotatable bonds is 6. The number of carbonyl (C=O) groups excluding carboxylic acids is 1. The fourth-order valence-electron chi connectivity index (χ4n) is 2.90. The van der Waals surface area contributed by atoms with E-state index in [1.165, 1.54) is 19.0 Å². The lowest BCUT2D eigenvalue weighted by Crippen LogP contribution is -2.18. The van der Waals surface area contributed by atoms with Crippen molar-refractivity contribution in [1.29, 1.82) is 0 Å². The van der Waals surface area contributed by atoms with Crippen LogP contribution in [0.1, 0.15) is 36.2 Å². The lowest BCUT2D eigenvalue weighted by Gasteiger charge is -2.13. The average Bonchev–Trinajstić information content (AvgIpc) is 3.15. The highest BCUT2D eigenvalue weighted by Gasteiger charge is 2.16. The van der Waals surface area contributed by atoms with Crippen molar-refractivity contribution in [2.45, 2.75) is 31.7 Å². The quantitative estimate of drug-likeness (QED) is 0.839. The molecule has 1 aliphatic carbocycles. The van der Waals surface area contributed by atoms with Crippen molar-refractivity contribution in [2.24, 2.45) is 0 Å². The second-order valence-corrected chi connectivity index (χ2v) is 5.93. The van der Waals surface area contributed by atoms with E-state index in [0.29, 0.717) is 29.0 Å². The van der Waals surface area contributed by atoms with Crippen molar-refractivity contribution in [3.63, 3.8) is 0 Å². The van der Waals surface area contributed by atoms with Gasteiger partial charge in [0.1, 0.15) is 23.0 Å². The summed E-state index contributed by atoms with van der Waals surface area (Å²) >= 11 is 0. The number of aromatic nitrogens is 2. The van der Waals surface area contributed by atoms with Crippen LogP contribution in [-0.4, -0.2) is 36.1 Å². The minimum absolute atomic E-state index is 0.238. The third-order valence-electron chi connectivity index (χ3n) is 4.25. The van der Waals surface area contributed by atoms with Gasteiger partial charge in [0.15, 0.2) is 0 Å². The molecule has 0 bridgehead atoms. The second-order valence-electron chi connectivity index (χ2n) is 5.93. The highest BCUT2D eigenvalue weighted by Crippen LogP contribution is 2.29. The van der Waals surface area contributed by atoms with Gasteiger partial charge in [0.2, 0.25) is 0 Å². The van der Waals surface area contributed by atoms with Gasteiger partial charge in [0, 0.05) is 12.1 Å². The molecule has 2 N–H and O–H groups in total. The standard InChI is InChI=1S/C18H22N4O3/c1-24-13-7-8-16(25-2)14(9-13)22-18(23)15-10-20-17(11-19-15)21-12-5-3-4-6-12/h7-12H,3-6H2,1-2H3,(H,20,21)(H,22,23). The molecule has 1 saturated carbocycles. The Morgan fingerprint density at radius 2 is 1.92 bits per heavy atom. The highest BCUT2D eigenvalue weighted by molar-refractivity contribution is 6.03. The van der Waals surface area contributed by atoms with Crippen molar-refractivity contribution in [3.8, 4) is 11.5 Å². The van der Waals surface area contributed by atoms with Gasteiger partial charge in [-0.05, 0) is 25.0 Å². The number of carbonyl (C=O) groups is 1. The molecule has 0 saturated heterocycles. The SMILES string of the molecule is COc1ccc(OC)c(NC(=O)c2cnc(NC3CCCC3)cn2)c1. The Morgan fingerprint density at radius 3 is 2.56 bits per heavy atom. The molecular formula is C18H22N4O3. The van der Waals surface area contributed by atoms with Crippen molar-refractivity contribution < 1.29 is 14.3 Å². The number of ether oxygens (including phenoxy) is 2. The van der Waals surface area contributed by atoms with E-state index in [1.54, 1.807) is 38.6 Å². The summed E-state index contributed by atoms with van der Waals surface area (Å²) in [5.41, 5.74) is 0.753. The fraction of sp³-hybridized carbons (Fsp3) is 0.389. The van der Waals surface area contributed by atoms with Gasteiger partial charge in [-0.25, -0.2) is 9.97 Å². The zero-order valence-electron chi connectivity index (χ0n) is 14.4. The predicted molar refractivity (Wildman–Crippen MR) is 95.4 cm³/mol. The Morgan fingerprint density at radius 1 is 1.12 bits per heavy atom. The Bertz CT molecular complexity index is 728. The molecule has 1 aromatic carbocycles. The van der Waals surface area contributed by atoms with E-state index in [9.17, 15) is 4.79 Å². The zero-order valence-corrected chi connectivity index (χ0v) is 14.4. The molecule has 3 rings (SSSR count). The molecule has 7 heteroatoms.